The van der Waals surface area contributed by atoms with E-state index in [0.29, 0.717) is 0 Å². The molecule has 0 unspecified atom stereocenters. The second-order valence-electron chi connectivity index (χ2n) is 1.93. The van der Waals surface area contributed by atoms with Crippen LogP contribution >= 0.6 is 12.2 Å². The lowest BCUT2D eigenvalue weighted by molar-refractivity contribution is 0.183. The standard InChI is InChI=1S/C6H13NOS.C2H6/c1-6(9)7(2)4-5-8-3;1-2/h4-5H2,1-3H3;1-2H3. The van der Waals surface area contributed by atoms with Gasteiger partial charge in [0.15, 0.2) is 0 Å². The molecule has 0 aromatic carbocycles. The summed E-state index contributed by atoms with van der Waals surface area (Å²) in [7, 11) is 3.65. The number of likely N-dealkylation sites (N-methyl/N-ethyl adjacent to an activating group) is 1. The smallest absolute Gasteiger partial charge is 0.0746 e. The van der Waals surface area contributed by atoms with Crippen molar-refractivity contribution in [2.45, 2.75) is 20.8 Å². The van der Waals surface area contributed by atoms with Crippen molar-refractivity contribution in [2.24, 2.45) is 0 Å². The van der Waals surface area contributed by atoms with Gasteiger partial charge < -0.3 is 9.64 Å². The minimum atomic E-state index is 0.741. The summed E-state index contributed by atoms with van der Waals surface area (Å²) >= 11 is 4.90. The largest absolute Gasteiger partial charge is 0.383 e. The summed E-state index contributed by atoms with van der Waals surface area (Å²) in [5, 5.41) is 0. The monoisotopic (exact) mass is 177 g/mol. The molecular formula is C8H19NOS. The van der Waals surface area contributed by atoms with Crippen molar-refractivity contribution in [3.8, 4) is 0 Å². The maximum atomic E-state index is 4.90. The first-order chi connectivity index (χ1) is 5.18. The predicted octanol–water partition coefficient (Wildman–Crippen LogP) is 1.94. The molecule has 0 atom stereocenters. The van der Waals surface area contributed by atoms with Crippen LogP contribution in [0.1, 0.15) is 20.8 Å². The Balaban J connectivity index is 0. The fraction of sp³-hybridized carbons (Fsp3) is 0.875. The summed E-state index contributed by atoms with van der Waals surface area (Å²) < 4.78 is 4.86. The first-order valence-corrected chi connectivity index (χ1v) is 4.30. The number of methoxy groups -OCH3 is 1. The van der Waals surface area contributed by atoms with Gasteiger partial charge in [-0.1, -0.05) is 26.1 Å². The van der Waals surface area contributed by atoms with Crippen LogP contribution in [0.4, 0.5) is 0 Å². The van der Waals surface area contributed by atoms with Crippen molar-refractivity contribution in [1.29, 1.82) is 0 Å². The van der Waals surface area contributed by atoms with E-state index in [1.807, 2.05) is 32.7 Å². The molecule has 0 aliphatic carbocycles. The number of thiocarbonyl (C=S) groups is 1. The third kappa shape index (κ3) is 9.85. The number of hydrogen-bond acceptors (Lipinski definition) is 2. The molecule has 0 saturated carbocycles. The Kier molecular flexibility index (Phi) is 12.0. The minimum absolute atomic E-state index is 0.741. The molecule has 11 heavy (non-hydrogen) atoms. The van der Waals surface area contributed by atoms with E-state index < -0.39 is 0 Å². The third-order valence-corrected chi connectivity index (χ3v) is 1.48. The molecule has 0 amide bonds. The van der Waals surface area contributed by atoms with E-state index in [2.05, 4.69) is 0 Å². The lowest BCUT2D eigenvalue weighted by atomic mass is 10.5. The fourth-order valence-corrected chi connectivity index (χ4v) is 0.477. The Labute approximate surface area is 75.5 Å². The lowest BCUT2D eigenvalue weighted by Gasteiger charge is -2.15. The maximum Gasteiger partial charge on any atom is 0.0746 e. The van der Waals surface area contributed by atoms with Gasteiger partial charge in [0, 0.05) is 20.7 Å². The predicted molar refractivity (Wildman–Crippen MR) is 54.1 cm³/mol. The molecule has 0 heterocycles. The molecule has 3 heteroatoms. The maximum absolute atomic E-state index is 4.90. The van der Waals surface area contributed by atoms with E-state index in [9.17, 15) is 0 Å². The Morgan fingerprint density at radius 3 is 2.18 bits per heavy atom. The van der Waals surface area contributed by atoms with Crippen LogP contribution in [0.5, 0.6) is 0 Å². The summed E-state index contributed by atoms with van der Waals surface area (Å²) in [6, 6.07) is 0. The SMILES string of the molecule is CC.COCCN(C)C(C)=S. The van der Waals surface area contributed by atoms with Gasteiger partial charge in [-0.05, 0) is 6.92 Å². The van der Waals surface area contributed by atoms with E-state index in [-0.39, 0.29) is 0 Å². The highest BCUT2D eigenvalue weighted by Crippen LogP contribution is 1.85. The highest BCUT2D eigenvalue weighted by molar-refractivity contribution is 7.80. The molecule has 0 N–H and O–H groups in total. The van der Waals surface area contributed by atoms with Crippen LogP contribution in [0, 0.1) is 0 Å². The fourth-order valence-electron chi connectivity index (χ4n) is 0.386. The summed E-state index contributed by atoms with van der Waals surface area (Å²) in [4.78, 5) is 2.89. The van der Waals surface area contributed by atoms with Gasteiger partial charge in [0.1, 0.15) is 0 Å². The zero-order valence-corrected chi connectivity index (χ0v) is 8.99. The Morgan fingerprint density at radius 1 is 1.45 bits per heavy atom. The second kappa shape index (κ2) is 9.85. The summed E-state index contributed by atoms with van der Waals surface area (Å²) in [6.45, 7) is 7.53. The molecule has 0 spiro atoms. The molecule has 0 radical (unpaired) electrons. The highest BCUT2D eigenvalue weighted by Gasteiger charge is 1.94. The molecule has 0 aromatic heterocycles. The van der Waals surface area contributed by atoms with Crippen LogP contribution < -0.4 is 0 Å². The van der Waals surface area contributed by atoms with E-state index in [0.717, 1.165) is 18.1 Å². The quantitative estimate of drug-likeness (QED) is 0.611. The number of ether oxygens (including phenoxy) is 1. The summed E-state index contributed by atoms with van der Waals surface area (Å²) in [5.74, 6) is 0. The molecule has 0 rings (SSSR count). The van der Waals surface area contributed by atoms with Gasteiger partial charge in [0.05, 0.1) is 11.6 Å². The zero-order valence-electron chi connectivity index (χ0n) is 8.18. The van der Waals surface area contributed by atoms with Crippen LogP contribution in [-0.2, 0) is 4.74 Å². The Morgan fingerprint density at radius 2 is 1.91 bits per heavy atom. The molecule has 0 saturated heterocycles. The summed E-state index contributed by atoms with van der Waals surface area (Å²) in [5.41, 5.74) is 0. The molecule has 68 valence electrons. The zero-order chi connectivity index (χ0) is 9.28. The van der Waals surface area contributed by atoms with Crippen LogP contribution in [-0.4, -0.2) is 37.2 Å². The van der Waals surface area contributed by atoms with Gasteiger partial charge in [-0.15, -0.1) is 0 Å². The van der Waals surface area contributed by atoms with Crippen LogP contribution in [0.25, 0.3) is 0 Å². The van der Waals surface area contributed by atoms with Gasteiger partial charge in [-0.3, -0.25) is 0 Å². The normalized spacial score (nSPS) is 8.09. The van der Waals surface area contributed by atoms with Gasteiger partial charge in [-0.2, -0.15) is 0 Å². The van der Waals surface area contributed by atoms with Crippen molar-refractivity contribution in [3.05, 3.63) is 0 Å². The molecule has 0 aromatic rings. The average molecular weight is 177 g/mol. The van der Waals surface area contributed by atoms with Crippen LogP contribution in [0.3, 0.4) is 0 Å². The first-order valence-electron chi connectivity index (χ1n) is 3.89. The van der Waals surface area contributed by atoms with Crippen molar-refractivity contribution >= 4 is 17.2 Å². The Bertz CT molecular complexity index is 96.1. The first kappa shape index (κ1) is 13.4. The molecule has 0 fully saturated rings. The Hall–Kier alpha value is -0.150. The second-order valence-corrected chi connectivity index (χ2v) is 2.52. The third-order valence-electron chi connectivity index (χ3n) is 1.17. The van der Waals surface area contributed by atoms with E-state index in [4.69, 9.17) is 17.0 Å². The van der Waals surface area contributed by atoms with Gasteiger partial charge in [0.2, 0.25) is 0 Å². The molecular weight excluding hydrogens is 158 g/mol. The molecule has 0 aliphatic heterocycles. The molecule has 0 aliphatic rings. The van der Waals surface area contributed by atoms with Gasteiger partial charge in [0.25, 0.3) is 0 Å². The van der Waals surface area contributed by atoms with Crippen LogP contribution in [0.2, 0.25) is 0 Å². The van der Waals surface area contributed by atoms with Crippen molar-refractivity contribution in [1.82, 2.24) is 4.90 Å². The van der Waals surface area contributed by atoms with Crippen LogP contribution in [0.15, 0.2) is 0 Å². The van der Waals surface area contributed by atoms with E-state index in [1.165, 1.54) is 0 Å². The minimum Gasteiger partial charge on any atom is -0.383 e. The molecule has 0 bridgehead atoms. The number of hydrogen-bond donors (Lipinski definition) is 0. The summed E-state index contributed by atoms with van der Waals surface area (Å²) in [6.07, 6.45) is 0. The number of nitrogens with zero attached hydrogens (tertiary/aromatic N) is 1. The molecule has 2 nitrogen and oxygen atoms in total. The van der Waals surface area contributed by atoms with Gasteiger partial charge >= 0.3 is 0 Å². The van der Waals surface area contributed by atoms with Gasteiger partial charge in [-0.25, -0.2) is 0 Å². The van der Waals surface area contributed by atoms with Crippen molar-refractivity contribution < 1.29 is 4.74 Å². The lowest BCUT2D eigenvalue weighted by Crippen LogP contribution is -2.25. The van der Waals surface area contributed by atoms with E-state index >= 15 is 0 Å². The van der Waals surface area contributed by atoms with Crippen molar-refractivity contribution in [3.63, 3.8) is 0 Å². The van der Waals surface area contributed by atoms with Crippen molar-refractivity contribution in [2.75, 3.05) is 27.3 Å². The average Bonchev–Trinajstić information content (AvgIpc) is 2.03. The topological polar surface area (TPSA) is 12.5 Å². The highest BCUT2D eigenvalue weighted by atomic mass is 32.1. The van der Waals surface area contributed by atoms with E-state index in [1.54, 1.807) is 7.11 Å². The number of rotatable bonds is 3.